The summed E-state index contributed by atoms with van der Waals surface area (Å²) in [6.45, 7) is -9.30. The summed E-state index contributed by atoms with van der Waals surface area (Å²) < 4.78 is 44.0. The highest BCUT2D eigenvalue weighted by Gasteiger charge is 2.49. The van der Waals surface area contributed by atoms with E-state index in [1.165, 1.54) is 34.4 Å². The fourth-order valence-electron chi connectivity index (χ4n) is 4.95. The van der Waals surface area contributed by atoms with E-state index in [1.54, 1.807) is 0 Å². The van der Waals surface area contributed by atoms with Crippen LogP contribution in [0.2, 0.25) is 0 Å². The van der Waals surface area contributed by atoms with E-state index < -0.39 is 63.1 Å². The van der Waals surface area contributed by atoms with E-state index in [2.05, 4.69) is 54.0 Å². The Kier molecular flexibility index (Phi) is 8.65. The molecule has 0 amide bonds. The van der Waals surface area contributed by atoms with Gasteiger partial charge in [0.25, 0.3) is 0 Å². The molecule has 1 unspecified atom stereocenters. The lowest BCUT2D eigenvalue weighted by atomic mass is 10.1. The van der Waals surface area contributed by atoms with Crippen LogP contribution >= 0.6 is 25.8 Å². The number of nitrogens with two attached hydrogens (primary N) is 2. The van der Waals surface area contributed by atoms with Gasteiger partial charge in [0.2, 0.25) is 0 Å². The van der Waals surface area contributed by atoms with Gasteiger partial charge in [-0.2, -0.15) is 0 Å². The average molecular weight is 693 g/mol. The molecule has 2 aliphatic rings. The summed E-state index contributed by atoms with van der Waals surface area (Å²) >= 11 is 8.57. The van der Waals surface area contributed by atoms with Gasteiger partial charge in [-0.05, 0) is 11.8 Å². The molecule has 0 bridgehead atoms. The Labute approximate surface area is 257 Å². The molecule has 6 rings (SSSR count). The van der Waals surface area contributed by atoms with E-state index in [-0.39, 0.29) is 35.8 Å². The Hall–Kier alpha value is -2.43. The molecule has 6 heterocycles. The number of anilines is 2. The van der Waals surface area contributed by atoms with Gasteiger partial charge in [0.05, 0.1) is 32.0 Å². The smallest absolute Gasteiger partial charge is 0.386 e. The second-order valence-corrected chi connectivity index (χ2v) is 15.3. The highest BCUT2D eigenvalue weighted by Crippen LogP contribution is 2.57. The van der Waals surface area contributed by atoms with Crippen molar-refractivity contribution in [1.29, 1.82) is 0 Å². The minimum atomic E-state index is -4.27. The van der Waals surface area contributed by atoms with Crippen molar-refractivity contribution in [2.45, 2.75) is 49.4 Å². The lowest BCUT2D eigenvalue weighted by Gasteiger charge is -2.25. The molecule has 0 aliphatic carbocycles. The van der Waals surface area contributed by atoms with Gasteiger partial charge in [-0.3, -0.25) is 18.2 Å². The average Bonchev–Trinajstić information content (AvgIpc) is 3.72. The standard InChI is InChI=1S/C20H26N10O10P2S2/c21-15-11-17(25-4-23-15)29(6-27-11)19-9(31)1-8(38-19)2-37-42(35,44)40-14-10(3-36-41(33,34)43)39-20(13(14)32)30-7-28-12-16(22)24-5-26-18(12)30/h4-10,13-14,19-20,31-32H,1-3H2,(H,35,44)(H2,21,23,25)(H2,22,24,26)(H2,33,34,43)/t8-,9+,10+,13+,14+,19+,20+,42?/m0/s1. The van der Waals surface area contributed by atoms with E-state index in [4.69, 9.17) is 34.5 Å². The molecule has 238 valence electrons. The third kappa shape index (κ3) is 6.31. The molecule has 2 saturated heterocycles. The van der Waals surface area contributed by atoms with Crippen LogP contribution in [0.4, 0.5) is 11.6 Å². The number of aliphatic hydroxyl groups is 2. The lowest BCUT2D eigenvalue weighted by molar-refractivity contribution is -0.0506. The van der Waals surface area contributed by atoms with Gasteiger partial charge < -0.3 is 45.5 Å². The lowest BCUT2D eigenvalue weighted by Crippen LogP contribution is -2.35. The zero-order chi connectivity index (χ0) is 31.4. The molecule has 0 spiro atoms. The van der Waals surface area contributed by atoms with Crippen molar-refractivity contribution in [3.63, 3.8) is 0 Å². The van der Waals surface area contributed by atoms with Crippen LogP contribution in [-0.4, -0.2) is 103 Å². The van der Waals surface area contributed by atoms with E-state index in [0.717, 1.165) is 0 Å². The largest absolute Gasteiger partial charge is 0.388 e. The van der Waals surface area contributed by atoms with Gasteiger partial charge in [0, 0.05) is 6.42 Å². The van der Waals surface area contributed by atoms with E-state index in [9.17, 15) is 24.6 Å². The zero-order valence-corrected chi connectivity index (χ0v) is 25.7. The van der Waals surface area contributed by atoms with Crippen molar-refractivity contribution in [3.8, 4) is 0 Å². The number of rotatable bonds is 10. The van der Waals surface area contributed by atoms with Crippen LogP contribution in [0, 0.1) is 0 Å². The maximum Gasteiger partial charge on any atom is 0.386 e. The minimum absolute atomic E-state index is 0.0860. The van der Waals surface area contributed by atoms with Crippen LogP contribution in [0.1, 0.15) is 18.9 Å². The molecular formula is C20H26N10O10P2S2. The summed E-state index contributed by atoms with van der Waals surface area (Å²) in [5.74, 6) is 0.249. The van der Waals surface area contributed by atoms with E-state index >= 15 is 0 Å². The molecule has 4 aromatic heterocycles. The van der Waals surface area contributed by atoms with Gasteiger partial charge in [-0.25, -0.2) is 34.5 Å². The van der Waals surface area contributed by atoms with Crippen molar-refractivity contribution < 1.29 is 47.6 Å². The molecule has 8 atom stereocenters. The molecule has 44 heavy (non-hydrogen) atoms. The maximum absolute atomic E-state index is 13.4. The predicted molar refractivity (Wildman–Crippen MR) is 156 cm³/mol. The molecular weight excluding hydrogens is 666 g/mol. The number of nitrogens with zero attached hydrogens (tertiary/aromatic N) is 8. The van der Waals surface area contributed by atoms with Crippen LogP contribution in [-0.2, 0) is 39.4 Å². The maximum atomic E-state index is 13.4. The molecule has 24 heteroatoms. The Morgan fingerprint density at radius 1 is 0.932 bits per heavy atom. The summed E-state index contributed by atoms with van der Waals surface area (Å²) in [5, 5.41) is 21.9. The first-order valence-corrected chi connectivity index (χ1v) is 18.0. The van der Waals surface area contributed by atoms with Crippen LogP contribution in [0.15, 0.2) is 25.3 Å². The number of aliphatic hydroxyl groups excluding tert-OH is 2. The molecule has 2 fully saturated rings. The SMILES string of the molecule is Nc1ncnc2c1ncn2[C@@H]1O[C@H](COP(O)(O)=S)[C@@H](OP(=O)(S)OC[C@@H]2C[C@@H](O)[C@H](n3cnc4c(N)ncnc43)O2)[C@H]1O. The number of thiol groups is 1. The first kappa shape index (κ1) is 31.5. The predicted octanol–water partition coefficient (Wildman–Crippen LogP) is -0.597. The molecule has 8 N–H and O–H groups in total. The van der Waals surface area contributed by atoms with Gasteiger partial charge in [0.1, 0.15) is 48.1 Å². The number of ether oxygens (including phenoxy) is 2. The van der Waals surface area contributed by atoms with Crippen LogP contribution in [0.3, 0.4) is 0 Å². The number of nitrogen functional groups attached to an aromatic ring is 2. The van der Waals surface area contributed by atoms with Crippen molar-refractivity contribution in [2.24, 2.45) is 0 Å². The summed E-state index contributed by atoms with van der Waals surface area (Å²) in [5.41, 5.74) is 12.8. The molecule has 0 radical (unpaired) electrons. The van der Waals surface area contributed by atoms with Gasteiger partial charge in [0.15, 0.2) is 35.4 Å². The third-order valence-electron chi connectivity index (χ3n) is 6.88. The van der Waals surface area contributed by atoms with Crippen LogP contribution < -0.4 is 11.5 Å². The third-order valence-corrected chi connectivity index (χ3v) is 9.30. The van der Waals surface area contributed by atoms with Crippen LogP contribution in [0.5, 0.6) is 0 Å². The zero-order valence-electron chi connectivity index (χ0n) is 22.2. The summed E-state index contributed by atoms with van der Waals surface area (Å²) in [7, 11) is 0. The first-order chi connectivity index (χ1) is 20.8. The number of aromatic nitrogens is 8. The first-order valence-electron chi connectivity index (χ1n) is 12.7. The number of hydrogen-bond donors (Lipinski definition) is 7. The minimum Gasteiger partial charge on any atom is -0.388 e. The fraction of sp³-hybridized carbons (Fsp3) is 0.500. The van der Waals surface area contributed by atoms with Crippen molar-refractivity contribution in [1.82, 2.24) is 39.0 Å². The highest BCUT2D eigenvalue weighted by atomic mass is 32.7. The Morgan fingerprint density at radius 3 is 2.11 bits per heavy atom. The summed E-state index contributed by atoms with van der Waals surface area (Å²) in [6, 6.07) is 0. The fourth-order valence-corrected chi connectivity index (χ4v) is 6.98. The quantitative estimate of drug-likeness (QED) is 0.0807. The second-order valence-electron chi connectivity index (χ2n) is 9.79. The summed E-state index contributed by atoms with van der Waals surface area (Å²) in [6.07, 6.45) is -2.89. The normalized spacial score (nSPS) is 29.1. The van der Waals surface area contributed by atoms with Crippen molar-refractivity contribution in [3.05, 3.63) is 25.3 Å². The molecule has 2 aliphatic heterocycles. The van der Waals surface area contributed by atoms with E-state index in [1.807, 2.05) is 0 Å². The molecule has 0 aromatic carbocycles. The Morgan fingerprint density at radius 2 is 1.52 bits per heavy atom. The monoisotopic (exact) mass is 692 g/mol. The number of imidazole rings is 2. The van der Waals surface area contributed by atoms with Crippen LogP contribution in [0.25, 0.3) is 22.3 Å². The second kappa shape index (κ2) is 12.1. The number of hydrogen-bond acceptors (Lipinski definition) is 17. The molecule has 4 aromatic rings. The van der Waals surface area contributed by atoms with Gasteiger partial charge in [-0.1, -0.05) is 12.2 Å². The Bertz CT molecular complexity index is 1780. The molecule has 0 saturated carbocycles. The van der Waals surface area contributed by atoms with Crippen molar-refractivity contribution >= 4 is 71.5 Å². The number of fused-ring (bicyclic) bond motifs is 2. The van der Waals surface area contributed by atoms with Gasteiger partial charge in [-0.15, -0.1) is 0 Å². The van der Waals surface area contributed by atoms with Crippen molar-refractivity contribution in [2.75, 3.05) is 24.7 Å². The van der Waals surface area contributed by atoms with Gasteiger partial charge >= 0.3 is 13.5 Å². The molecule has 20 nitrogen and oxygen atoms in total. The topological polar surface area (TPSA) is 283 Å². The highest BCUT2D eigenvalue weighted by molar-refractivity contribution is 8.44. The van der Waals surface area contributed by atoms with E-state index in [0.29, 0.717) is 11.2 Å². The Balaban J connectivity index is 1.15. The summed E-state index contributed by atoms with van der Waals surface area (Å²) in [4.78, 5) is 43.5.